The number of unbranched alkanes of at least 4 members (excludes halogenated alkanes) is 10. The van der Waals surface area contributed by atoms with Gasteiger partial charge in [-0.3, -0.25) is 0 Å². The van der Waals surface area contributed by atoms with Gasteiger partial charge in [0.25, 0.3) is 0 Å². The van der Waals surface area contributed by atoms with Crippen LogP contribution in [0.5, 0.6) is 0 Å². The topological polar surface area (TPSA) is 23.8 Å². The van der Waals surface area contributed by atoms with Crippen LogP contribution in [0.15, 0.2) is 0 Å². The van der Waals surface area contributed by atoms with E-state index in [4.69, 9.17) is 5.26 Å². The van der Waals surface area contributed by atoms with Crippen molar-refractivity contribution in [2.45, 2.75) is 90.9 Å². The summed E-state index contributed by atoms with van der Waals surface area (Å²) in [5.41, 5.74) is 0. The van der Waals surface area contributed by atoms with Gasteiger partial charge in [-0.1, -0.05) is 65.2 Å². The molecule has 0 unspecified atom stereocenters. The lowest BCUT2D eigenvalue weighted by molar-refractivity contribution is -0.903. The molecule has 0 aromatic rings. The van der Waals surface area contributed by atoms with E-state index < -0.39 is 0 Å². The first kappa shape index (κ1) is 24.0. The Hall–Kier alpha value is -0.260. The van der Waals surface area contributed by atoms with E-state index in [1.54, 1.807) is 0 Å². The number of nitriles is 1. The van der Waals surface area contributed by atoms with Gasteiger partial charge >= 0.3 is 0 Å². The Morgan fingerprint density at radius 1 is 0.682 bits per heavy atom. The Balaban J connectivity index is 0. The lowest BCUT2D eigenvalue weighted by atomic mass is 10.1. The second kappa shape index (κ2) is 17.1. The fourth-order valence-electron chi connectivity index (χ4n) is 2.99. The molecule has 0 bridgehead atoms. The first-order valence-electron chi connectivity index (χ1n) is 9.39. The van der Waals surface area contributed by atoms with E-state index in [0.29, 0.717) is 6.54 Å². The maximum Gasteiger partial charge on any atom is 0.166 e. The first-order chi connectivity index (χ1) is 10.2. The third-order valence-corrected chi connectivity index (χ3v) is 4.56. The van der Waals surface area contributed by atoms with Gasteiger partial charge < -0.3 is 16.9 Å². The molecule has 0 aliphatic rings. The van der Waals surface area contributed by atoms with Gasteiger partial charge in [0.1, 0.15) is 6.07 Å². The van der Waals surface area contributed by atoms with Crippen LogP contribution in [0.4, 0.5) is 0 Å². The molecule has 0 N–H and O–H groups in total. The summed E-state index contributed by atoms with van der Waals surface area (Å²) >= 11 is 0. The Bertz CT molecular complexity index is 245. The van der Waals surface area contributed by atoms with Gasteiger partial charge in [0.2, 0.25) is 0 Å². The monoisotopic (exact) mass is 330 g/mol. The van der Waals surface area contributed by atoms with Gasteiger partial charge in [0, 0.05) is 0 Å². The summed E-state index contributed by atoms with van der Waals surface area (Å²) in [7, 11) is 2.28. The van der Waals surface area contributed by atoms with Crippen LogP contribution >= 0.6 is 0 Å². The van der Waals surface area contributed by atoms with Gasteiger partial charge in [0.05, 0.1) is 20.1 Å². The molecule has 0 rings (SSSR count). The summed E-state index contributed by atoms with van der Waals surface area (Å²) in [5, 5.41) is 9.08. The standard InChI is InChI=1S/C19H39N2.ClH/c1-4-6-8-10-12-14-17-21(3,19-16-20)18-15-13-11-9-7-5-2;/h4-15,17-19H2,1-3H3;1H/q+1;/p-1. The van der Waals surface area contributed by atoms with E-state index in [0.717, 1.165) is 4.48 Å². The molecule has 0 radical (unpaired) electrons. The predicted molar refractivity (Wildman–Crippen MR) is 93.2 cm³/mol. The number of nitrogens with zero attached hydrogens (tertiary/aromatic N) is 2. The number of rotatable bonds is 15. The van der Waals surface area contributed by atoms with Crippen molar-refractivity contribution in [1.29, 1.82) is 5.26 Å². The largest absolute Gasteiger partial charge is 1.00 e. The number of quaternary nitrogens is 1. The second-order valence-electron chi connectivity index (χ2n) is 6.92. The highest BCUT2D eigenvalue weighted by molar-refractivity contribution is 4.68. The molecule has 0 aromatic heterocycles. The van der Waals surface area contributed by atoms with E-state index in [1.165, 1.54) is 90.1 Å². The van der Waals surface area contributed by atoms with Gasteiger partial charge in [-0.2, -0.15) is 5.26 Å². The maximum absolute atomic E-state index is 9.08. The molecule has 0 heterocycles. The number of hydrogen-bond donors (Lipinski definition) is 0. The van der Waals surface area contributed by atoms with Gasteiger partial charge in [-0.05, 0) is 25.7 Å². The van der Waals surface area contributed by atoms with E-state index in [9.17, 15) is 0 Å². The summed E-state index contributed by atoms with van der Waals surface area (Å²) in [6.07, 6.45) is 16.2. The summed E-state index contributed by atoms with van der Waals surface area (Å²) < 4.78 is 0.970. The highest BCUT2D eigenvalue weighted by atomic mass is 35.5. The average molecular weight is 331 g/mol. The van der Waals surface area contributed by atoms with Crippen molar-refractivity contribution in [3.05, 3.63) is 0 Å². The second-order valence-corrected chi connectivity index (χ2v) is 6.92. The molecular weight excluding hydrogens is 292 g/mol. The molecule has 0 aliphatic carbocycles. The molecule has 0 saturated heterocycles. The molecule has 0 aromatic carbocycles. The van der Waals surface area contributed by atoms with Crippen molar-refractivity contribution in [2.24, 2.45) is 0 Å². The van der Waals surface area contributed by atoms with Crippen molar-refractivity contribution in [2.75, 3.05) is 26.7 Å². The van der Waals surface area contributed by atoms with Crippen LogP contribution in [0, 0.1) is 11.3 Å². The minimum atomic E-state index is 0. The molecular formula is C19H39ClN2. The van der Waals surface area contributed by atoms with Crippen molar-refractivity contribution < 1.29 is 16.9 Å². The zero-order valence-electron chi connectivity index (χ0n) is 15.4. The minimum Gasteiger partial charge on any atom is -1.00 e. The molecule has 0 aliphatic heterocycles. The van der Waals surface area contributed by atoms with Crippen LogP contribution in [0.25, 0.3) is 0 Å². The molecule has 0 amide bonds. The Kier molecular flexibility index (Phi) is 18.7. The number of halogens is 1. The van der Waals surface area contributed by atoms with Crippen molar-refractivity contribution in [3.8, 4) is 6.07 Å². The van der Waals surface area contributed by atoms with E-state index in [2.05, 4.69) is 27.0 Å². The van der Waals surface area contributed by atoms with E-state index >= 15 is 0 Å². The molecule has 0 spiro atoms. The smallest absolute Gasteiger partial charge is 0.166 e. The molecule has 0 fully saturated rings. The van der Waals surface area contributed by atoms with Crippen molar-refractivity contribution in [1.82, 2.24) is 0 Å². The Morgan fingerprint density at radius 3 is 1.41 bits per heavy atom. The van der Waals surface area contributed by atoms with Crippen LogP contribution in [0.2, 0.25) is 0 Å². The van der Waals surface area contributed by atoms with Crippen molar-refractivity contribution >= 4 is 0 Å². The predicted octanol–water partition coefficient (Wildman–Crippen LogP) is 2.68. The SMILES string of the molecule is CCCCCCCC[N+](C)(CC#N)CCCCCCCC.[Cl-]. The molecule has 2 nitrogen and oxygen atoms in total. The summed E-state index contributed by atoms with van der Waals surface area (Å²) in [4.78, 5) is 0. The molecule has 0 saturated carbocycles. The van der Waals surface area contributed by atoms with E-state index in [1.807, 2.05) is 0 Å². The first-order valence-corrected chi connectivity index (χ1v) is 9.39. The fraction of sp³-hybridized carbons (Fsp3) is 0.947. The highest BCUT2D eigenvalue weighted by Gasteiger charge is 2.19. The summed E-state index contributed by atoms with van der Waals surface area (Å²) in [5.74, 6) is 0. The minimum absolute atomic E-state index is 0. The zero-order valence-corrected chi connectivity index (χ0v) is 16.1. The molecule has 132 valence electrons. The van der Waals surface area contributed by atoms with Crippen LogP contribution in [-0.2, 0) is 0 Å². The van der Waals surface area contributed by atoms with Gasteiger partial charge in [-0.15, -0.1) is 0 Å². The molecule has 22 heavy (non-hydrogen) atoms. The summed E-state index contributed by atoms with van der Waals surface area (Å²) in [6, 6.07) is 2.40. The average Bonchev–Trinajstić information content (AvgIpc) is 2.47. The Morgan fingerprint density at radius 2 is 1.05 bits per heavy atom. The Labute approximate surface area is 146 Å². The van der Waals surface area contributed by atoms with Crippen LogP contribution in [-0.4, -0.2) is 31.2 Å². The molecule has 3 heteroatoms. The number of hydrogen-bond acceptors (Lipinski definition) is 1. The third-order valence-electron chi connectivity index (χ3n) is 4.56. The van der Waals surface area contributed by atoms with Crippen LogP contribution in [0.1, 0.15) is 90.9 Å². The van der Waals surface area contributed by atoms with Gasteiger partial charge in [-0.25, -0.2) is 0 Å². The van der Waals surface area contributed by atoms with Crippen LogP contribution < -0.4 is 12.4 Å². The normalized spacial score (nSPS) is 11.0. The maximum atomic E-state index is 9.08. The fourth-order valence-corrected chi connectivity index (χ4v) is 2.99. The zero-order chi connectivity index (χ0) is 15.8. The lowest BCUT2D eigenvalue weighted by Crippen LogP contribution is -3.00. The summed E-state index contributed by atoms with van der Waals surface area (Å²) in [6.45, 7) is 7.59. The van der Waals surface area contributed by atoms with E-state index in [-0.39, 0.29) is 12.4 Å². The molecule has 0 atom stereocenters. The van der Waals surface area contributed by atoms with Crippen molar-refractivity contribution in [3.63, 3.8) is 0 Å². The highest BCUT2D eigenvalue weighted by Crippen LogP contribution is 2.13. The van der Waals surface area contributed by atoms with Crippen LogP contribution in [0.3, 0.4) is 0 Å². The third kappa shape index (κ3) is 14.7. The quantitative estimate of drug-likeness (QED) is 0.257. The van der Waals surface area contributed by atoms with Gasteiger partial charge in [0.15, 0.2) is 6.54 Å². The lowest BCUT2D eigenvalue weighted by Gasteiger charge is -2.32.